The number of aromatic nitrogens is 1. The minimum absolute atomic E-state index is 0.0895. The summed E-state index contributed by atoms with van der Waals surface area (Å²) >= 11 is 0. The lowest BCUT2D eigenvalue weighted by molar-refractivity contribution is -0.117. The van der Waals surface area contributed by atoms with E-state index in [1.165, 1.54) is 17.6 Å². The van der Waals surface area contributed by atoms with Gasteiger partial charge in [0.2, 0.25) is 11.8 Å². The van der Waals surface area contributed by atoms with E-state index < -0.39 is 5.97 Å². The molecule has 6 heteroatoms. The molecule has 1 spiro atoms. The van der Waals surface area contributed by atoms with Crippen molar-refractivity contribution in [2.75, 3.05) is 11.4 Å². The molecule has 0 unspecified atom stereocenters. The van der Waals surface area contributed by atoms with Crippen LogP contribution >= 0.6 is 0 Å². The second-order valence-electron chi connectivity index (χ2n) is 4.97. The first-order valence-corrected chi connectivity index (χ1v) is 5.84. The summed E-state index contributed by atoms with van der Waals surface area (Å²) in [6.45, 7) is 2.00. The van der Waals surface area contributed by atoms with Gasteiger partial charge in [-0.15, -0.1) is 0 Å². The first kappa shape index (κ1) is 11.1. The largest absolute Gasteiger partial charge is 0.477 e. The molecule has 1 aliphatic heterocycles. The van der Waals surface area contributed by atoms with Crippen LogP contribution in [0.1, 0.15) is 30.3 Å². The third-order valence-electron chi connectivity index (χ3n) is 3.62. The van der Waals surface area contributed by atoms with E-state index in [1.807, 2.05) is 0 Å². The highest BCUT2D eigenvalue weighted by Crippen LogP contribution is 2.49. The van der Waals surface area contributed by atoms with Crippen molar-refractivity contribution in [1.29, 1.82) is 0 Å². The number of aromatic carboxylic acids is 1. The van der Waals surface area contributed by atoms with Gasteiger partial charge in [-0.1, -0.05) is 0 Å². The Morgan fingerprint density at radius 1 is 1.44 bits per heavy atom. The van der Waals surface area contributed by atoms with E-state index in [0.717, 1.165) is 12.8 Å². The topological polar surface area (TPSA) is 71.8 Å². The molecule has 1 fully saturated rings. The van der Waals surface area contributed by atoms with Crippen molar-refractivity contribution >= 4 is 17.6 Å². The summed E-state index contributed by atoms with van der Waals surface area (Å²) in [5.41, 5.74) is 0.393. The summed E-state index contributed by atoms with van der Waals surface area (Å²) < 4.78 is 7.37. The first-order valence-electron chi connectivity index (χ1n) is 5.84. The molecular weight excluding hydrogens is 236 g/mol. The zero-order chi connectivity index (χ0) is 13.1. The minimum atomic E-state index is -1.02. The first-order chi connectivity index (χ1) is 8.43. The van der Waals surface area contributed by atoms with E-state index in [1.54, 1.807) is 11.9 Å². The maximum atomic E-state index is 11.7. The Bertz CT molecular complexity index is 557. The Morgan fingerprint density at radius 2 is 2.11 bits per heavy atom. The van der Waals surface area contributed by atoms with Gasteiger partial charge in [-0.25, -0.2) is 4.79 Å². The van der Waals surface area contributed by atoms with Crippen LogP contribution in [0.4, 0.5) is 5.69 Å². The summed E-state index contributed by atoms with van der Waals surface area (Å²) in [6, 6.07) is 1.49. The van der Waals surface area contributed by atoms with Crippen molar-refractivity contribution in [2.24, 2.45) is 7.05 Å². The molecule has 1 aliphatic carbocycles. The summed E-state index contributed by atoms with van der Waals surface area (Å²) in [4.78, 5) is 24.4. The van der Waals surface area contributed by atoms with Crippen LogP contribution in [-0.2, 0) is 11.8 Å². The molecule has 0 saturated heterocycles. The zero-order valence-corrected chi connectivity index (χ0v) is 10.3. The molecule has 2 heterocycles. The fraction of sp³-hybridized carbons (Fsp3) is 0.500. The van der Waals surface area contributed by atoms with Gasteiger partial charge in [-0.2, -0.15) is 0 Å². The molecule has 0 bridgehead atoms. The number of carbonyl (C=O) groups excluding carboxylic acids is 1. The van der Waals surface area contributed by atoms with Gasteiger partial charge < -0.3 is 19.3 Å². The minimum Gasteiger partial charge on any atom is -0.477 e. The standard InChI is InChI=1S/C12H14N2O4/c1-7(15)14-6-12(3-4-12)18-10-8(14)5-9(11(16)17)13(10)2/h5H,3-4,6H2,1-2H3,(H,16,17). The Hall–Kier alpha value is -1.98. The lowest BCUT2D eigenvalue weighted by Crippen LogP contribution is -2.44. The molecule has 1 saturated carbocycles. The number of amides is 1. The number of rotatable bonds is 1. The molecule has 1 aromatic rings. The Kier molecular flexibility index (Phi) is 2.03. The molecule has 1 amide bonds. The highest BCUT2D eigenvalue weighted by atomic mass is 16.5. The van der Waals surface area contributed by atoms with Gasteiger partial charge in [-0.05, 0) is 18.9 Å². The van der Waals surface area contributed by atoms with Crippen molar-refractivity contribution in [3.05, 3.63) is 11.8 Å². The number of anilines is 1. The zero-order valence-electron chi connectivity index (χ0n) is 10.3. The highest BCUT2D eigenvalue weighted by Gasteiger charge is 2.52. The monoisotopic (exact) mass is 250 g/mol. The molecule has 0 atom stereocenters. The normalized spacial score (nSPS) is 19.3. The van der Waals surface area contributed by atoms with E-state index >= 15 is 0 Å². The van der Waals surface area contributed by atoms with Crippen LogP contribution in [0.5, 0.6) is 5.88 Å². The maximum absolute atomic E-state index is 11.7. The van der Waals surface area contributed by atoms with Gasteiger partial charge in [0, 0.05) is 14.0 Å². The number of hydrogen-bond donors (Lipinski definition) is 1. The van der Waals surface area contributed by atoms with Gasteiger partial charge in [0.1, 0.15) is 17.0 Å². The molecule has 18 heavy (non-hydrogen) atoms. The summed E-state index contributed by atoms with van der Waals surface area (Å²) in [7, 11) is 1.64. The summed E-state index contributed by atoms with van der Waals surface area (Å²) in [5.74, 6) is -0.636. The van der Waals surface area contributed by atoms with Crippen LogP contribution in [0.25, 0.3) is 0 Å². The van der Waals surface area contributed by atoms with E-state index in [0.29, 0.717) is 18.1 Å². The lowest BCUT2D eigenvalue weighted by Gasteiger charge is -2.33. The van der Waals surface area contributed by atoms with Crippen LogP contribution in [-0.4, -0.2) is 33.7 Å². The van der Waals surface area contributed by atoms with Gasteiger partial charge >= 0.3 is 5.97 Å². The highest BCUT2D eigenvalue weighted by molar-refractivity contribution is 5.97. The van der Waals surface area contributed by atoms with Gasteiger partial charge in [0.05, 0.1) is 6.54 Å². The fourth-order valence-electron chi connectivity index (χ4n) is 2.38. The third-order valence-corrected chi connectivity index (χ3v) is 3.62. The molecule has 2 aliphatic rings. The maximum Gasteiger partial charge on any atom is 0.352 e. The number of fused-ring (bicyclic) bond motifs is 1. The van der Waals surface area contributed by atoms with Crippen LogP contribution in [0.2, 0.25) is 0 Å². The molecule has 1 aromatic heterocycles. The fourth-order valence-corrected chi connectivity index (χ4v) is 2.38. The second-order valence-corrected chi connectivity index (χ2v) is 4.97. The molecule has 3 rings (SSSR count). The molecule has 6 nitrogen and oxygen atoms in total. The smallest absolute Gasteiger partial charge is 0.352 e. The molecule has 96 valence electrons. The van der Waals surface area contributed by atoms with Crippen LogP contribution < -0.4 is 9.64 Å². The molecular formula is C12H14N2O4. The van der Waals surface area contributed by atoms with Crippen LogP contribution in [0.3, 0.4) is 0 Å². The Labute approximate surface area is 104 Å². The van der Waals surface area contributed by atoms with E-state index in [2.05, 4.69) is 0 Å². The number of carbonyl (C=O) groups is 2. The number of hydrogen-bond acceptors (Lipinski definition) is 3. The van der Waals surface area contributed by atoms with Crippen molar-refractivity contribution in [3.8, 4) is 5.88 Å². The number of carboxylic acid groups (broad SMARTS) is 1. The second kappa shape index (κ2) is 3.28. The molecule has 1 N–H and O–H groups in total. The Morgan fingerprint density at radius 3 is 2.61 bits per heavy atom. The third kappa shape index (κ3) is 1.41. The van der Waals surface area contributed by atoms with Crippen LogP contribution in [0, 0.1) is 0 Å². The van der Waals surface area contributed by atoms with Crippen molar-refractivity contribution in [2.45, 2.75) is 25.4 Å². The predicted octanol–water partition coefficient (Wildman–Crippen LogP) is 1.00. The van der Waals surface area contributed by atoms with E-state index in [9.17, 15) is 9.59 Å². The summed E-state index contributed by atoms with van der Waals surface area (Å²) in [5, 5.41) is 9.11. The SMILES string of the molecule is CC(=O)N1CC2(CC2)Oc2c1cc(C(=O)O)n2C. The van der Waals surface area contributed by atoms with Crippen molar-refractivity contribution < 1.29 is 19.4 Å². The quantitative estimate of drug-likeness (QED) is 0.807. The number of carboxylic acids is 1. The predicted molar refractivity (Wildman–Crippen MR) is 63.0 cm³/mol. The average molecular weight is 250 g/mol. The van der Waals surface area contributed by atoms with E-state index in [-0.39, 0.29) is 17.2 Å². The van der Waals surface area contributed by atoms with Crippen LogP contribution in [0.15, 0.2) is 6.07 Å². The van der Waals surface area contributed by atoms with Gasteiger partial charge in [-0.3, -0.25) is 4.79 Å². The van der Waals surface area contributed by atoms with Gasteiger partial charge in [0.15, 0.2) is 0 Å². The van der Waals surface area contributed by atoms with Crippen molar-refractivity contribution in [1.82, 2.24) is 4.57 Å². The Balaban J connectivity index is 2.13. The molecule has 0 aromatic carbocycles. The number of nitrogens with zero attached hydrogens (tertiary/aromatic N) is 2. The summed E-state index contributed by atoms with van der Waals surface area (Å²) in [6.07, 6.45) is 1.81. The van der Waals surface area contributed by atoms with Crippen molar-refractivity contribution in [3.63, 3.8) is 0 Å². The number of ether oxygens (including phenoxy) is 1. The molecule has 0 radical (unpaired) electrons. The van der Waals surface area contributed by atoms with Gasteiger partial charge in [0.25, 0.3) is 0 Å². The van der Waals surface area contributed by atoms with E-state index in [4.69, 9.17) is 9.84 Å². The lowest BCUT2D eigenvalue weighted by atomic mass is 10.2. The average Bonchev–Trinajstić information content (AvgIpc) is 2.95.